The second-order valence-electron chi connectivity index (χ2n) is 6.47. The SMILES string of the molecule is CC(O)C1C(=O)N2C(C(=O)[O-])=C(SC3CC(=O)N(C)C3)C(C)[C@H]12.[Na+]. The quantitative estimate of drug-likeness (QED) is 0.402. The molecule has 7 nitrogen and oxygen atoms in total. The summed E-state index contributed by atoms with van der Waals surface area (Å²) in [6.07, 6.45) is -0.464. The number of aliphatic hydroxyl groups excluding tert-OH is 1. The van der Waals surface area contributed by atoms with E-state index in [0.29, 0.717) is 17.9 Å². The molecule has 0 aliphatic carbocycles. The number of aliphatic carboxylic acids is 1. The number of aliphatic hydroxyl groups is 1. The average molecular weight is 362 g/mol. The summed E-state index contributed by atoms with van der Waals surface area (Å²) in [5.74, 6) is -2.48. The third-order valence-electron chi connectivity index (χ3n) is 4.90. The predicted octanol–water partition coefficient (Wildman–Crippen LogP) is -4.23. The van der Waals surface area contributed by atoms with Crippen molar-refractivity contribution >= 4 is 29.5 Å². The summed E-state index contributed by atoms with van der Waals surface area (Å²) < 4.78 is 0. The zero-order valence-electron chi connectivity index (χ0n) is 14.2. The fraction of sp³-hybridized carbons (Fsp3) is 0.667. The van der Waals surface area contributed by atoms with Crippen LogP contribution in [0.1, 0.15) is 20.3 Å². The molecule has 9 heteroatoms. The van der Waals surface area contributed by atoms with Gasteiger partial charge in [-0.2, -0.15) is 0 Å². The minimum atomic E-state index is -1.38. The minimum absolute atomic E-state index is 0. The van der Waals surface area contributed by atoms with E-state index in [-0.39, 0.29) is 64.3 Å². The van der Waals surface area contributed by atoms with Crippen molar-refractivity contribution in [1.29, 1.82) is 0 Å². The Morgan fingerprint density at radius 2 is 2.04 bits per heavy atom. The largest absolute Gasteiger partial charge is 1.00 e. The number of carboxylic acid groups (broad SMARTS) is 1. The molecule has 24 heavy (non-hydrogen) atoms. The smallest absolute Gasteiger partial charge is 0.543 e. The van der Waals surface area contributed by atoms with Crippen molar-refractivity contribution < 1.29 is 54.2 Å². The molecule has 0 aromatic heterocycles. The van der Waals surface area contributed by atoms with E-state index in [2.05, 4.69) is 0 Å². The topological polar surface area (TPSA) is 101 Å². The molecule has 5 atom stereocenters. The number of hydrogen-bond donors (Lipinski definition) is 1. The zero-order chi connectivity index (χ0) is 17.0. The normalized spacial score (nSPS) is 33.3. The third-order valence-corrected chi connectivity index (χ3v) is 6.37. The Bertz CT molecular complexity index is 623. The summed E-state index contributed by atoms with van der Waals surface area (Å²) >= 11 is 1.35. The van der Waals surface area contributed by atoms with Gasteiger partial charge in [-0.05, 0) is 6.92 Å². The number of likely N-dealkylation sites (tertiary alicyclic amines) is 1. The molecule has 4 unspecified atom stereocenters. The molecule has 3 aliphatic heterocycles. The molecule has 0 aromatic rings. The van der Waals surface area contributed by atoms with Gasteiger partial charge in [0.05, 0.1) is 29.7 Å². The first kappa shape index (κ1) is 19.8. The Morgan fingerprint density at radius 3 is 2.50 bits per heavy atom. The van der Waals surface area contributed by atoms with E-state index in [0.717, 1.165) is 0 Å². The van der Waals surface area contributed by atoms with Gasteiger partial charge in [0.25, 0.3) is 0 Å². The van der Waals surface area contributed by atoms with Gasteiger partial charge in [-0.25, -0.2) is 0 Å². The predicted molar refractivity (Wildman–Crippen MR) is 80.6 cm³/mol. The zero-order valence-corrected chi connectivity index (χ0v) is 17.0. The van der Waals surface area contributed by atoms with Crippen LogP contribution in [0.2, 0.25) is 0 Å². The Balaban J connectivity index is 0.00000208. The van der Waals surface area contributed by atoms with Gasteiger partial charge in [0.15, 0.2) is 0 Å². The first-order valence-corrected chi connectivity index (χ1v) is 8.49. The summed E-state index contributed by atoms with van der Waals surface area (Å²) in [6.45, 7) is 3.96. The van der Waals surface area contributed by atoms with Crippen LogP contribution < -0.4 is 34.7 Å². The fourth-order valence-electron chi connectivity index (χ4n) is 3.75. The van der Waals surface area contributed by atoms with E-state index in [1.54, 1.807) is 18.9 Å². The van der Waals surface area contributed by atoms with E-state index in [9.17, 15) is 24.6 Å². The summed E-state index contributed by atoms with van der Waals surface area (Å²) in [7, 11) is 1.72. The van der Waals surface area contributed by atoms with Gasteiger partial charge in [-0.15, -0.1) is 11.8 Å². The molecule has 2 saturated heterocycles. The molecule has 3 heterocycles. The van der Waals surface area contributed by atoms with Crippen LogP contribution in [0.3, 0.4) is 0 Å². The second-order valence-corrected chi connectivity index (χ2v) is 7.81. The number of carbonyl (C=O) groups is 3. The van der Waals surface area contributed by atoms with Crippen LogP contribution in [0, 0.1) is 11.8 Å². The first-order valence-electron chi connectivity index (χ1n) is 7.61. The summed E-state index contributed by atoms with van der Waals surface area (Å²) in [6, 6.07) is -0.340. The maximum absolute atomic E-state index is 12.2. The van der Waals surface area contributed by atoms with Crippen LogP contribution in [-0.4, -0.2) is 63.7 Å². The minimum Gasteiger partial charge on any atom is -0.543 e. The van der Waals surface area contributed by atoms with Gasteiger partial charge in [0.2, 0.25) is 11.8 Å². The Kier molecular flexibility index (Phi) is 5.76. The number of carboxylic acids is 1. The van der Waals surface area contributed by atoms with Crippen LogP contribution >= 0.6 is 11.8 Å². The van der Waals surface area contributed by atoms with Gasteiger partial charge >= 0.3 is 29.6 Å². The molecule has 2 amide bonds. The number of hydrogen-bond acceptors (Lipinski definition) is 6. The molecule has 0 aromatic carbocycles. The van der Waals surface area contributed by atoms with E-state index < -0.39 is 18.0 Å². The number of β-lactam (4-membered cyclic amide) rings is 1. The average Bonchev–Trinajstić information content (AvgIpc) is 2.87. The second kappa shape index (κ2) is 6.99. The van der Waals surface area contributed by atoms with Gasteiger partial charge in [0, 0.05) is 36.1 Å². The van der Waals surface area contributed by atoms with Crippen LogP contribution in [0.5, 0.6) is 0 Å². The number of thioether (sulfide) groups is 1. The van der Waals surface area contributed by atoms with Gasteiger partial charge in [-0.3, -0.25) is 9.59 Å². The standard InChI is InChI=1S/C15H20N2O5S.Na/c1-6-11-10(7(2)18)14(20)17(11)12(15(21)22)13(6)23-8-4-9(19)16(3)5-8;/h6-8,10-11,18H,4-5H2,1-3H3,(H,21,22);/q;+1/p-1/t6?,7?,8?,10?,11-;/m1./s1. The molecular weight excluding hydrogens is 343 g/mol. The fourth-order valence-corrected chi connectivity index (χ4v) is 5.28. The Labute approximate surface area is 166 Å². The maximum Gasteiger partial charge on any atom is 1.00 e. The van der Waals surface area contributed by atoms with Gasteiger partial charge in [0.1, 0.15) is 0 Å². The Morgan fingerprint density at radius 1 is 1.42 bits per heavy atom. The number of nitrogens with zero attached hydrogens (tertiary/aromatic N) is 2. The van der Waals surface area contributed by atoms with Crippen LogP contribution in [0.4, 0.5) is 0 Å². The van der Waals surface area contributed by atoms with E-state index in [1.165, 1.54) is 16.7 Å². The van der Waals surface area contributed by atoms with Crippen molar-refractivity contribution in [2.24, 2.45) is 11.8 Å². The van der Waals surface area contributed by atoms with Crippen LogP contribution in [-0.2, 0) is 14.4 Å². The number of rotatable bonds is 4. The summed E-state index contributed by atoms with van der Waals surface area (Å²) in [5.41, 5.74) is -0.0867. The van der Waals surface area contributed by atoms with E-state index in [4.69, 9.17) is 0 Å². The van der Waals surface area contributed by atoms with Crippen LogP contribution in [0.25, 0.3) is 0 Å². The van der Waals surface area contributed by atoms with E-state index in [1.807, 2.05) is 6.92 Å². The van der Waals surface area contributed by atoms with E-state index >= 15 is 0 Å². The van der Waals surface area contributed by atoms with Crippen molar-refractivity contribution in [1.82, 2.24) is 9.80 Å². The molecule has 0 spiro atoms. The Hall–Kier alpha value is -0.540. The molecule has 3 aliphatic rings. The summed E-state index contributed by atoms with van der Waals surface area (Å²) in [5, 5.41) is 21.3. The van der Waals surface area contributed by atoms with Crippen molar-refractivity contribution in [3.05, 3.63) is 10.6 Å². The maximum atomic E-state index is 12.2. The van der Waals surface area contributed by atoms with Crippen molar-refractivity contribution in [2.45, 2.75) is 37.7 Å². The molecular formula is C15H19N2NaO5S. The van der Waals surface area contributed by atoms with Gasteiger partial charge in [-0.1, -0.05) is 6.92 Å². The van der Waals surface area contributed by atoms with Crippen LogP contribution in [0.15, 0.2) is 10.6 Å². The van der Waals surface area contributed by atoms with Gasteiger partial charge < -0.3 is 24.8 Å². The molecule has 126 valence electrons. The summed E-state index contributed by atoms with van der Waals surface area (Å²) in [4.78, 5) is 38.9. The van der Waals surface area contributed by atoms with Crippen molar-refractivity contribution in [3.8, 4) is 0 Å². The van der Waals surface area contributed by atoms with Crippen molar-refractivity contribution in [3.63, 3.8) is 0 Å². The molecule has 0 saturated carbocycles. The molecule has 1 N–H and O–H groups in total. The number of fused-ring (bicyclic) bond motifs is 1. The molecule has 0 radical (unpaired) electrons. The third kappa shape index (κ3) is 2.92. The number of carbonyl (C=O) groups excluding carboxylic acids is 3. The molecule has 2 fully saturated rings. The first-order chi connectivity index (χ1) is 10.7. The molecule has 3 rings (SSSR count). The van der Waals surface area contributed by atoms with Crippen molar-refractivity contribution in [2.75, 3.05) is 13.6 Å². The number of amides is 2. The monoisotopic (exact) mass is 362 g/mol. The molecule has 0 bridgehead atoms.